The van der Waals surface area contributed by atoms with Crippen LogP contribution in [-0.2, 0) is 4.84 Å². The SMILES string of the molecule is OC[C@H]1ONC[C@@H]1O. The molecule has 1 aliphatic rings. The molecule has 1 heterocycles. The summed E-state index contributed by atoms with van der Waals surface area (Å²) >= 11 is 0. The van der Waals surface area contributed by atoms with Gasteiger partial charge in [-0.3, -0.25) is 4.84 Å². The van der Waals surface area contributed by atoms with Crippen molar-refractivity contribution in [2.75, 3.05) is 13.2 Å². The van der Waals surface area contributed by atoms with Gasteiger partial charge in [-0.1, -0.05) is 0 Å². The average molecular weight is 119 g/mol. The summed E-state index contributed by atoms with van der Waals surface area (Å²) in [7, 11) is 0. The fourth-order valence-electron chi connectivity index (χ4n) is 0.609. The zero-order valence-electron chi connectivity index (χ0n) is 4.37. The van der Waals surface area contributed by atoms with Gasteiger partial charge in [-0.15, -0.1) is 0 Å². The molecule has 1 rings (SSSR count). The Kier molecular flexibility index (Phi) is 1.80. The summed E-state index contributed by atoms with van der Waals surface area (Å²) in [5.74, 6) is 0. The zero-order valence-corrected chi connectivity index (χ0v) is 4.37. The molecule has 0 aromatic rings. The van der Waals surface area contributed by atoms with E-state index in [0.29, 0.717) is 6.54 Å². The maximum absolute atomic E-state index is 8.84. The predicted octanol–water partition coefficient (Wildman–Crippen LogP) is -1.76. The summed E-state index contributed by atoms with van der Waals surface area (Å²) in [6.45, 7) is 0.277. The second-order valence-electron chi connectivity index (χ2n) is 1.75. The van der Waals surface area contributed by atoms with Gasteiger partial charge < -0.3 is 10.2 Å². The molecule has 0 aromatic heterocycles. The number of β-amino-alcohol motifs (C(OH)–C–C–N with tert-alkyl or cyclic N) is 1. The molecule has 2 atom stereocenters. The Labute approximate surface area is 47.0 Å². The molecule has 0 radical (unpaired) electrons. The number of hydrogen-bond acceptors (Lipinski definition) is 4. The Balaban J connectivity index is 2.30. The van der Waals surface area contributed by atoms with Crippen LogP contribution in [0.5, 0.6) is 0 Å². The lowest BCUT2D eigenvalue weighted by Crippen LogP contribution is -2.26. The molecule has 0 aliphatic carbocycles. The molecule has 0 amide bonds. The van der Waals surface area contributed by atoms with Crippen LogP contribution in [-0.4, -0.2) is 35.6 Å². The normalized spacial score (nSPS) is 38.2. The first-order valence-electron chi connectivity index (χ1n) is 2.52. The van der Waals surface area contributed by atoms with Gasteiger partial charge in [0, 0.05) is 6.54 Å². The first-order chi connectivity index (χ1) is 3.84. The largest absolute Gasteiger partial charge is 0.393 e. The standard InChI is InChI=1S/C4H9NO3/c6-2-4-3(7)1-5-8-4/h3-7H,1-2H2/t3-,4+/m0/s1. The van der Waals surface area contributed by atoms with Crippen molar-refractivity contribution in [3.05, 3.63) is 0 Å². The first-order valence-corrected chi connectivity index (χ1v) is 2.52. The van der Waals surface area contributed by atoms with Crippen molar-refractivity contribution < 1.29 is 15.1 Å². The van der Waals surface area contributed by atoms with E-state index in [-0.39, 0.29) is 6.61 Å². The highest BCUT2D eigenvalue weighted by Gasteiger charge is 2.24. The van der Waals surface area contributed by atoms with Crippen LogP contribution in [0, 0.1) is 0 Å². The third-order valence-electron chi connectivity index (χ3n) is 1.14. The van der Waals surface area contributed by atoms with Gasteiger partial charge in [-0.2, -0.15) is 5.48 Å². The van der Waals surface area contributed by atoms with Crippen molar-refractivity contribution in [2.24, 2.45) is 0 Å². The molecule has 1 saturated heterocycles. The van der Waals surface area contributed by atoms with E-state index in [1.54, 1.807) is 0 Å². The van der Waals surface area contributed by atoms with Crippen molar-refractivity contribution in [3.8, 4) is 0 Å². The molecular weight excluding hydrogens is 110 g/mol. The maximum atomic E-state index is 8.84. The van der Waals surface area contributed by atoms with E-state index in [9.17, 15) is 0 Å². The number of hydrogen-bond donors (Lipinski definition) is 3. The number of aliphatic hydroxyl groups is 2. The number of hydroxylamine groups is 1. The summed E-state index contributed by atoms with van der Waals surface area (Å²) in [6.07, 6.45) is -0.991. The highest BCUT2D eigenvalue weighted by molar-refractivity contribution is 4.72. The zero-order chi connectivity index (χ0) is 5.98. The first kappa shape index (κ1) is 5.97. The van der Waals surface area contributed by atoms with Gasteiger partial charge >= 0.3 is 0 Å². The monoisotopic (exact) mass is 119 g/mol. The molecule has 0 saturated carbocycles. The molecular formula is C4H9NO3. The molecule has 1 fully saturated rings. The second kappa shape index (κ2) is 2.41. The number of rotatable bonds is 1. The van der Waals surface area contributed by atoms with Gasteiger partial charge in [-0.05, 0) is 0 Å². The van der Waals surface area contributed by atoms with Crippen molar-refractivity contribution in [1.82, 2.24) is 5.48 Å². The molecule has 1 aliphatic heterocycles. The van der Waals surface area contributed by atoms with Crippen LogP contribution < -0.4 is 5.48 Å². The van der Waals surface area contributed by atoms with Crippen LogP contribution in [0.1, 0.15) is 0 Å². The maximum Gasteiger partial charge on any atom is 0.129 e. The van der Waals surface area contributed by atoms with Crippen LogP contribution in [0.25, 0.3) is 0 Å². The quantitative estimate of drug-likeness (QED) is 0.383. The van der Waals surface area contributed by atoms with Crippen LogP contribution in [0.3, 0.4) is 0 Å². The molecule has 0 spiro atoms. The van der Waals surface area contributed by atoms with E-state index in [4.69, 9.17) is 10.2 Å². The summed E-state index contributed by atoms with van der Waals surface area (Å²) in [6, 6.07) is 0. The molecule has 0 bridgehead atoms. The lowest BCUT2D eigenvalue weighted by atomic mass is 10.2. The highest BCUT2D eigenvalue weighted by atomic mass is 16.7. The van der Waals surface area contributed by atoms with Gasteiger partial charge in [0.25, 0.3) is 0 Å². The molecule has 4 nitrogen and oxygen atoms in total. The van der Waals surface area contributed by atoms with E-state index in [0.717, 1.165) is 0 Å². The molecule has 8 heavy (non-hydrogen) atoms. The summed E-state index contributed by atoms with van der Waals surface area (Å²) in [4.78, 5) is 4.66. The fourth-order valence-corrected chi connectivity index (χ4v) is 0.609. The topological polar surface area (TPSA) is 61.7 Å². The molecule has 0 unspecified atom stereocenters. The van der Waals surface area contributed by atoms with E-state index < -0.39 is 12.2 Å². The predicted molar refractivity (Wildman–Crippen MR) is 26.0 cm³/mol. The second-order valence-corrected chi connectivity index (χ2v) is 1.75. The van der Waals surface area contributed by atoms with Crippen LogP contribution in [0.4, 0.5) is 0 Å². The van der Waals surface area contributed by atoms with E-state index >= 15 is 0 Å². The molecule has 4 heteroatoms. The Morgan fingerprint density at radius 2 is 2.50 bits per heavy atom. The summed E-state index contributed by atoms with van der Waals surface area (Å²) in [5.41, 5.74) is 2.46. The average Bonchev–Trinajstić information content (AvgIpc) is 2.14. The molecule has 0 aromatic carbocycles. The minimum absolute atomic E-state index is 0.131. The Bertz CT molecular complexity index is 77.7. The third-order valence-corrected chi connectivity index (χ3v) is 1.14. The van der Waals surface area contributed by atoms with Crippen molar-refractivity contribution in [2.45, 2.75) is 12.2 Å². The van der Waals surface area contributed by atoms with Crippen LogP contribution >= 0.6 is 0 Å². The number of nitrogens with one attached hydrogen (secondary N) is 1. The lowest BCUT2D eigenvalue weighted by Gasteiger charge is -2.05. The smallest absolute Gasteiger partial charge is 0.129 e. The lowest BCUT2D eigenvalue weighted by molar-refractivity contribution is -0.0299. The van der Waals surface area contributed by atoms with Gasteiger partial charge in [0.15, 0.2) is 0 Å². The minimum Gasteiger partial charge on any atom is -0.393 e. The summed E-state index contributed by atoms with van der Waals surface area (Å²) < 4.78 is 0. The Hall–Kier alpha value is -0.160. The third kappa shape index (κ3) is 0.976. The molecule has 48 valence electrons. The van der Waals surface area contributed by atoms with Gasteiger partial charge in [0.1, 0.15) is 6.10 Å². The number of aliphatic hydroxyl groups excluding tert-OH is 2. The fraction of sp³-hybridized carbons (Fsp3) is 1.00. The van der Waals surface area contributed by atoms with Crippen molar-refractivity contribution in [1.29, 1.82) is 0 Å². The van der Waals surface area contributed by atoms with E-state index in [1.165, 1.54) is 0 Å². The Morgan fingerprint density at radius 3 is 2.75 bits per heavy atom. The molecule has 3 N–H and O–H groups in total. The van der Waals surface area contributed by atoms with Crippen molar-refractivity contribution >= 4 is 0 Å². The van der Waals surface area contributed by atoms with E-state index in [2.05, 4.69) is 10.3 Å². The minimum atomic E-state index is -0.556. The van der Waals surface area contributed by atoms with Crippen molar-refractivity contribution in [3.63, 3.8) is 0 Å². The van der Waals surface area contributed by atoms with Crippen LogP contribution in [0.2, 0.25) is 0 Å². The van der Waals surface area contributed by atoms with Crippen LogP contribution in [0.15, 0.2) is 0 Å². The van der Waals surface area contributed by atoms with E-state index in [1.807, 2.05) is 0 Å². The Morgan fingerprint density at radius 1 is 1.75 bits per heavy atom. The highest BCUT2D eigenvalue weighted by Crippen LogP contribution is 2.01. The summed E-state index contributed by atoms with van der Waals surface area (Å²) in [5, 5.41) is 17.3. The van der Waals surface area contributed by atoms with Gasteiger partial charge in [-0.25, -0.2) is 0 Å². The van der Waals surface area contributed by atoms with Gasteiger partial charge in [0.05, 0.1) is 12.7 Å². The van der Waals surface area contributed by atoms with Gasteiger partial charge in [0.2, 0.25) is 0 Å².